The summed E-state index contributed by atoms with van der Waals surface area (Å²) in [6, 6.07) is 18.2. The summed E-state index contributed by atoms with van der Waals surface area (Å²) in [7, 11) is 0. The van der Waals surface area contributed by atoms with E-state index in [4.69, 9.17) is 14.4 Å². The van der Waals surface area contributed by atoms with Crippen molar-refractivity contribution in [3.05, 3.63) is 71.6 Å². The van der Waals surface area contributed by atoms with Gasteiger partial charge in [0.25, 0.3) is 0 Å². The molecule has 0 saturated carbocycles. The zero-order chi connectivity index (χ0) is 24.9. The van der Waals surface area contributed by atoms with Gasteiger partial charge in [-0.15, -0.1) is 0 Å². The van der Waals surface area contributed by atoms with E-state index in [1.807, 2.05) is 24.3 Å². The first-order valence-corrected chi connectivity index (χ1v) is 10.6. The van der Waals surface area contributed by atoms with Crippen LogP contribution in [0.4, 0.5) is 13.2 Å². The van der Waals surface area contributed by atoms with Crippen LogP contribution in [0.5, 0.6) is 0 Å². The molecule has 0 radical (unpaired) electrons. The highest BCUT2D eigenvalue weighted by Gasteiger charge is 2.41. The lowest BCUT2D eigenvalue weighted by Crippen LogP contribution is -2.37. The van der Waals surface area contributed by atoms with Gasteiger partial charge in [0.05, 0.1) is 12.5 Å². The molecule has 0 amide bonds. The highest BCUT2D eigenvalue weighted by Crippen LogP contribution is 2.39. The number of carboxylic acids is 1. The van der Waals surface area contributed by atoms with Gasteiger partial charge in [0, 0.05) is 24.2 Å². The SMILES string of the molecule is CC1(C)CC(c2nc(-c3ccc(CO)cc3)no2)CN1Cc1ccccc1.O=C(O)C(F)(F)F. The molecule has 10 heteroatoms. The predicted molar refractivity (Wildman–Crippen MR) is 118 cm³/mol. The quantitative estimate of drug-likeness (QED) is 0.553. The summed E-state index contributed by atoms with van der Waals surface area (Å²) in [5, 5.41) is 20.5. The van der Waals surface area contributed by atoms with Crippen LogP contribution in [0.2, 0.25) is 0 Å². The topological polar surface area (TPSA) is 99.7 Å². The van der Waals surface area contributed by atoms with Crippen molar-refractivity contribution in [2.75, 3.05) is 6.54 Å². The van der Waals surface area contributed by atoms with Crippen LogP contribution in [0, 0.1) is 0 Å². The molecule has 0 aliphatic carbocycles. The predicted octanol–water partition coefficient (Wildman–Crippen LogP) is 4.63. The number of carboxylic acid groups (broad SMARTS) is 1. The third-order valence-corrected chi connectivity index (χ3v) is 5.69. The Balaban J connectivity index is 0.000000406. The molecule has 0 spiro atoms. The number of hydrogen-bond acceptors (Lipinski definition) is 6. The van der Waals surface area contributed by atoms with Crippen LogP contribution in [0.3, 0.4) is 0 Å². The highest BCUT2D eigenvalue weighted by atomic mass is 19.4. The summed E-state index contributed by atoms with van der Waals surface area (Å²) in [6.07, 6.45) is -4.09. The number of aliphatic hydroxyl groups excluding tert-OH is 1. The summed E-state index contributed by atoms with van der Waals surface area (Å²) < 4.78 is 37.4. The lowest BCUT2D eigenvalue weighted by molar-refractivity contribution is -0.192. The van der Waals surface area contributed by atoms with E-state index in [1.165, 1.54) is 5.56 Å². The van der Waals surface area contributed by atoms with Gasteiger partial charge in [-0.2, -0.15) is 18.2 Å². The molecule has 1 aliphatic heterocycles. The first-order valence-electron chi connectivity index (χ1n) is 10.6. The van der Waals surface area contributed by atoms with E-state index in [0.29, 0.717) is 11.7 Å². The minimum atomic E-state index is -5.08. The van der Waals surface area contributed by atoms with Crippen molar-refractivity contribution >= 4 is 5.97 Å². The Bertz CT molecular complexity index is 1080. The first kappa shape index (κ1) is 25.4. The van der Waals surface area contributed by atoms with Gasteiger partial charge in [-0.05, 0) is 31.4 Å². The molecule has 1 aliphatic rings. The van der Waals surface area contributed by atoms with E-state index >= 15 is 0 Å². The fraction of sp³-hybridized carbons (Fsp3) is 0.375. The van der Waals surface area contributed by atoms with Crippen molar-refractivity contribution in [2.24, 2.45) is 0 Å². The average Bonchev–Trinajstić information content (AvgIpc) is 3.39. The van der Waals surface area contributed by atoms with Crippen molar-refractivity contribution in [2.45, 2.75) is 51.1 Å². The molecule has 3 aromatic rings. The monoisotopic (exact) mass is 477 g/mol. The number of aromatic nitrogens is 2. The van der Waals surface area contributed by atoms with Crippen LogP contribution in [0.25, 0.3) is 11.4 Å². The van der Waals surface area contributed by atoms with Gasteiger partial charge < -0.3 is 14.7 Å². The lowest BCUT2D eigenvalue weighted by Gasteiger charge is -2.31. The van der Waals surface area contributed by atoms with Gasteiger partial charge in [0.1, 0.15) is 0 Å². The Kier molecular flexibility index (Phi) is 7.73. The Morgan fingerprint density at radius 1 is 1.12 bits per heavy atom. The van der Waals surface area contributed by atoms with E-state index < -0.39 is 12.1 Å². The van der Waals surface area contributed by atoms with Gasteiger partial charge in [0.15, 0.2) is 0 Å². The van der Waals surface area contributed by atoms with Crippen LogP contribution in [-0.2, 0) is 17.9 Å². The molecule has 7 nitrogen and oxygen atoms in total. The Morgan fingerprint density at radius 3 is 2.29 bits per heavy atom. The maximum absolute atomic E-state index is 10.6. The third kappa shape index (κ3) is 6.42. The van der Waals surface area contributed by atoms with Crippen LogP contribution in [0.15, 0.2) is 59.1 Å². The van der Waals surface area contributed by atoms with Crippen LogP contribution < -0.4 is 0 Å². The van der Waals surface area contributed by atoms with Crippen molar-refractivity contribution in [3.8, 4) is 11.4 Å². The molecule has 1 unspecified atom stereocenters. The summed E-state index contributed by atoms with van der Waals surface area (Å²) in [6.45, 7) is 6.43. The zero-order valence-corrected chi connectivity index (χ0v) is 18.8. The number of benzene rings is 2. The number of alkyl halides is 3. The highest BCUT2D eigenvalue weighted by molar-refractivity contribution is 5.73. The third-order valence-electron chi connectivity index (χ3n) is 5.69. The normalized spacial score (nSPS) is 17.8. The van der Waals surface area contributed by atoms with Crippen molar-refractivity contribution in [1.82, 2.24) is 15.0 Å². The summed E-state index contributed by atoms with van der Waals surface area (Å²) in [5.41, 5.74) is 3.18. The number of aliphatic hydroxyl groups is 1. The molecule has 1 atom stereocenters. The van der Waals surface area contributed by atoms with Crippen molar-refractivity contribution in [3.63, 3.8) is 0 Å². The summed E-state index contributed by atoms with van der Waals surface area (Å²) in [5.74, 6) is -1.21. The fourth-order valence-electron chi connectivity index (χ4n) is 3.84. The smallest absolute Gasteiger partial charge is 0.475 e. The average molecular weight is 477 g/mol. The van der Waals surface area contributed by atoms with E-state index in [9.17, 15) is 18.3 Å². The number of rotatable bonds is 5. The molecule has 1 saturated heterocycles. The van der Waals surface area contributed by atoms with Crippen LogP contribution in [0.1, 0.15) is 43.2 Å². The molecule has 34 heavy (non-hydrogen) atoms. The second-order valence-corrected chi connectivity index (χ2v) is 8.69. The number of hydrogen-bond donors (Lipinski definition) is 2. The first-order chi connectivity index (χ1) is 16.0. The Labute approximate surface area is 194 Å². The Hall–Kier alpha value is -3.24. The molecule has 2 heterocycles. The molecular weight excluding hydrogens is 451 g/mol. The molecule has 2 aromatic carbocycles. The maximum atomic E-state index is 10.6. The molecule has 0 bridgehead atoms. The molecule has 2 N–H and O–H groups in total. The van der Waals surface area contributed by atoms with E-state index in [-0.39, 0.29) is 18.1 Å². The number of likely N-dealkylation sites (tertiary alicyclic amines) is 1. The van der Waals surface area contributed by atoms with Gasteiger partial charge in [-0.3, -0.25) is 4.90 Å². The zero-order valence-electron chi connectivity index (χ0n) is 18.8. The van der Waals surface area contributed by atoms with Crippen molar-refractivity contribution < 1.29 is 32.7 Å². The number of nitrogens with zero attached hydrogens (tertiary/aromatic N) is 3. The second kappa shape index (κ2) is 10.4. The molecule has 182 valence electrons. The van der Waals surface area contributed by atoms with E-state index in [0.717, 1.165) is 30.6 Å². The minimum Gasteiger partial charge on any atom is -0.475 e. The van der Waals surface area contributed by atoms with Gasteiger partial charge in [0.2, 0.25) is 11.7 Å². The van der Waals surface area contributed by atoms with Crippen molar-refractivity contribution in [1.29, 1.82) is 0 Å². The largest absolute Gasteiger partial charge is 0.490 e. The second-order valence-electron chi connectivity index (χ2n) is 8.69. The number of aliphatic carboxylic acids is 1. The van der Waals surface area contributed by atoms with Crippen LogP contribution >= 0.6 is 0 Å². The maximum Gasteiger partial charge on any atom is 0.490 e. The fourth-order valence-corrected chi connectivity index (χ4v) is 3.84. The van der Waals surface area contributed by atoms with Crippen LogP contribution in [-0.4, -0.2) is 49.5 Å². The minimum absolute atomic E-state index is 0.0339. The lowest BCUT2D eigenvalue weighted by atomic mass is 9.96. The van der Waals surface area contributed by atoms with E-state index in [2.05, 4.69) is 59.2 Å². The van der Waals surface area contributed by atoms with Gasteiger partial charge in [-0.1, -0.05) is 59.8 Å². The van der Waals surface area contributed by atoms with E-state index in [1.54, 1.807) is 0 Å². The molecule has 4 rings (SSSR count). The summed E-state index contributed by atoms with van der Waals surface area (Å²) in [4.78, 5) is 16.0. The molecule has 1 fully saturated rings. The standard InChI is InChI=1S/C22H25N3O2.C2HF3O2/c1-22(2)12-19(14-25(22)13-16-6-4-3-5-7-16)21-23-20(24-27-21)18-10-8-17(15-26)9-11-18;3-2(4,5)1(6)7/h3-11,19,26H,12-15H2,1-2H3;(H,6,7). The van der Waals surface area contributed by atoms with Gasteiger partial charge >= 0.3 is 12.1 Å². The number of carbonyl (C=O) groups is 1. The molecule has 1 aromatic heterocycles. The Morgan fingerprint density at radius 2 is 1.74 bits per heavy atom. The number of halogens is 3. The summed E-state index contributed by atoms with van der Waals surface area (Å²) >= 11 is 0. The van der Waals surface area contributed by atoms with Gasteiger partial charge in [-0.25, -0.2) is 4.79 Å². The molecular formula is C24H26F3N3O4.